The van der Waals surface area contributed by atoms with E-state index in [0.29, 0.717) is 33.7 Å². The van der Waals surface area contributed by atoms with E-state index in [2.05, 4.69) is 5.32 Å². The van der Waals surface area contributed by atoms with Crippen LogP contribution in [0.15, 0.2) is 66.4 Å². The predicted octanol–water partition coefficient (Wildman–Crippen LogP) is 6.72. The van der Waals surface area contributed by atoms with E-state index in [0.717, 1.165) is 16.0 Å². The van der Waals surface area contributed by atoms with E-state index < -0.39 is 11.9 Å². The highest BCUT2D eigenvalue weighted by atomic mass is 35.5. The first-order valence-corrected chi connectivity index (χ1v) is 11.9. The van der Waals surface area contributed by atoms with Crippen LogP contribution in [-0.4, -0.2) is 23.4 Å². The quantitative estimate of drug-likeness (QED) is 0.259. The van der Waals surface area contributed by atoms with Crippen molar-refractivity contribution in [3.63, 3.8) is 0 Å². The number of hydrogen-bond acceptors (Lipinski definition) is 4. The minimum atomic E-state index is -0.485. The second-order valence-electron chi connectivity index (χ2n) is 7.65. The Morgan fingerprint density at radius 3 is 2.43 bits per heavy atom. The number of nitrogens with zero attached hydrogens (tertiary/aromatic N) is 1. The number of rotatable bonds is 8. The zero-order valence-corrected chi connectivity index (χ0v) is 21.0. The van der Waals surface area contributed by atoms with Gasteiger partial charge < -0.3 is 14.8 Å². The largest absolute Gasteiger partial charge is 0.490 e. The van der Waals surface area contributed by atoms with Crippen molar-refractivity contribution in [3.8, 4) is 11.5 Å². The Labute approximate surface area is 218 Å². The molecule has 1 heterocycles. The number of carbonyl (C=O) groups excluding carboxylic acids is 2. The van der Waals surface area contributed by atoms with Gasteiger partial charge in [0, 0.05) is 15.6 Å². The van der Waals surface area contributed by atoms with Gasteiger partial charge in [-0.05, 0) is 48.4 Å². The molecule has 4 rings (SSSR count). The third kappa shape index (κ3) is 5.90. The Bertz CT molecular complexity index is 1300. The predicted molar refractivity (Wildman–Crippen MR) is 137 cm³/mol. The van der Waals surface area contributed by atoms with E-state index in [4.69, 9.17) is 44.3 Å². The van der Waals surface area contributed by atoms with Crippen molar-refractivity contribution in [3.05, 3.63) is 98.1 Å². The summed E-state index contributed by atoms with van der Waals surface area (Å²) < 4.78 is 11.7. The zero-order chi connectivity index (χ0) is 24.9. The lowest BCUT2D eigenvalue weighted by Gasteiger charge is -2.15. The highest BCUT2D eigenvalue weighted by Gasteiger charge is 2.33. The Hall–Kier alpha value is -3.19. The molecule has 6 nitrogen and oxygen atoms in total. The first-order chi connectivity index (χ1) is 16.9. The van der Waals surface area contributed by atoms with Crippen molar-refractivity contribution < 1.29 is 19.1 Å². The minimum Gasteiger partial charge on any atom is -0.490 e. The van der Waals surface area contributed by atoms with Gasteiger partial charge in [-0.2, -0.15) is 0 Å². The number of carbonyl (C=O) groups is 2. The van der Waals surface area contributed by atoms with Crippen LogP contribution in [0.3, 0.4) is 0 Å². The Morgan fingerprint density at radius 2 is 1.71 bits per heavy atom. The molecule has 1 N–H and O–H groups in total. The van der Waals surface area contributed by atoms with Crippen LogP contribution in [0.1, 0.15) is 23.6 Å². The Kier molecular flexibility index (Phi) is 7.86. The summed E-state index contributed by atoms with van der Waals surface area (Å²) in [5.74, 6) is 0.315. The van der Waals surface area contributed by atoms with Crippen LogP contribution in [0, 0.1) is 0 Å². The molecule has 0 bridgehead atoms. The number of benzene rings is 3. The van der Waals surface area contributed by atoms with Gasteiger partial charge in [-0.25, -0.2) is 4.79 Å². The lowest BCUT2D eigenvalue weighted by Crippen LogP contribution is -2.30. The number of amides is 3. The fraction of sp³-hybridized carbons (Fsp3) is 0.154. The van der Waals surface area contributed by atoms with Crippen molar-refractivity contribution in [2.75, 3.05) is 6.61 Å². The SMILES string of the molecule is CCOc1cc(/C=C2/NC(=O)N(Cc3ccccc3)C2=O)cc(Cl)c1OCc1ccc(Cl)cc1Cl. The molecule has 3 aromatic rings. The summed E-state index contributed by atoms with van der Waals surface area (Å²) in [4.78, 5) is 26.4. The molecule has 1 aliphatic heterocycles. The van der Waals surface area contributed by atoms with Gasteiger partial charge in [0.05, 0.1) is 18.2 Å². The molecule has 0 radical (unpaired) electrons. The second-order valence-corrected chi connectivity index (χ2v) is 8.90. The lowest BCUT2D eigenvalue weighted by molar-refractivity contribution is -0.123. The molecule has 1 saturated heterocycles. The average molecular weight is 532 g/mol. The van der Waals surface area contributed by atoms with Crippen LogP contribution in [0.2, 0.25) is 15.1 Å². The highest BCUT2D eigenvalue weighted by Crippen LogP contribution is 2.38. The first-order valence-electron chi connectivity index (χ1n) is 10.8. The van der Waals surface area contributed by atoms with Gasteiger partial charge in [0.2, 0.25) is 0 Å². The molecule has 35 heavy (non-hydrogen) atoms. The molecule has 3 aromatic carbocycles. The van der Waals surface area contributed by atoms with E-state index in [9.17, 15) is 9.59 Å². The third-order valence-electron chi connectivity index (χ3n) is 5.18. The molecule has 0 unspecified atom stereocenters. The third-order valence-corrected chi connectivity index (χ3v) is 6.04. The molecule has 3 amide bonds. The van der Waals surface area contributed by atoms with E-state index in [-0.39, 0.29) is 23.9 Å². The van der Waals surface area contributed by atoms with Gasteiger partial charge in [-0.3, -0.25) is 9.69 Å². The molecule has 0 atom stereocenters. The van der Waals surface area contributed by atoms with Crippen LogP contribution >= 0.6 is 34.8 Å². The normalized spacial score (nSPS) is 14.4. The number of urea groups is 1. The number of hydrogen-bond donors (Lipinski definition) is 1. The van der Waals surface area contributed by atoms with E-state index in [1.165, 1.54) is 0 Å². The monoisotopic (exact) mass is 530 g/mol. The summed E-state index contributed by atoms with van der Waals surface area (Å²) in [6.07, 6.45) is 1.56. The summed E-state index contributed by atoms with van der Waals surface area (Å²) in [6, 6.07) is 17.3. The van der Waals surface area contributed by atoms with E-state index in [1.807, 2.05) is 37.3 Å². The number of halogens is 3. The maximum Gasteiger partial charge on any atom is 0.329 e. The molecule has 180 valence electrons. The average Bonchev–Trinajstić information content (AvgIpc) is 3.08. The number of nitrogens with one attached hydrogen (secondary N) is 1. The fourth-order valence-electron chi connectivity index (χ4n) is 3.51. The van der Waals surface area contributed by atoms with Crippen molar-refractivity contribution in [2.24, 2.45) is 0 Å². The topological polar surface area (TPSA) is 67.9 Å². The van der Waals surface area contributed by atoms with Crippen molar-refractivity contribution in [1.29, 1.82) is 0 Å². The van der Waals surface area contributed by atoms with Crippen LogP contribution in [-0.2, 0) is 17.9 Å². The first kappa shape index (κ1) is 24.9. The molecular weight excluding hydrogens is 511 g/mol. The second kappa shape index (κ2) is 11.0. The summed E-state index contributed by atoms with van der Waals surface area (Å²) in [6.45, 7) is 2.53. The summed E-state index contributed by atoms with van der Waals surface area (Å²) in [5, 5.41) is 3.91. The van der Waals surface area contributed by atoms with E-state index in [1.54, 1.807) is 36.4 Å². The molecule has 0 aromatic heterocycles. The highest BCUT2D eigenvalue weighted by molar-refractivity contribution is 6.35. The van der Waals surface area contributed by atoms with Crippen LogP contribution in [0.5, 0.6) is 11.5 Å². The summed E-state index contributed by atoms with van der Waals surface area (Å²) >= 11 is 18.7. The van der Waals surface area contributed by atoms with Gasteiger partial charge in [0.15, 0.2) is 11.5 Å². The molecule has 0 saturated carbocycles. The molecular formula is C26H21Cl3N2O4. The van der Waals surface area contributed by atoms with Crippen LogP contribution < -0.4 is 14.8 Å². The smallest absolute Gasteiger partial charge is 0.329 e. The van der Waals surface area contributed by atoms with Gasteiger partial charge in [-0.1, -0.05) is 71.2 Å². The Morgan fingerprint density at radius 1 is 0.943 bits per heavy atom. The van der Waals surface area contributed by atoms with Crippen LogP contribution in [0.4, 0.5) is 4.79 Å². The standard InChI is InChI=1S/C26H21Cl3N2O4/c1-2-34-23-12-17(10-21(29)24(23)35-15-18-8-9-19(27)13-20(18)28)11-22-25(32)31(26(33)30-22)14-16-6-4-3-5-7-16/h3-13H,2,14-15H2,1H3,(H,30,33)/b22-11+. The minimum absolute atomic E-state index is 0.145. The van der Waals surface area contributed by atoms with Crippen molar-refractivity contribution in [1.82, 2.24) is 10.2 Å². The number of imide groups is 1. The summed E-state index contributed by atoms with van der Waals surface area (Å²) in [5.41, 5.74) is 2.30. The molecule has 1 aliphatic rings. The molecule has 0 aliphatic carbocycles. The lowest BCUT2D eigenvalue weighted by atomic mass is 10.1. The van der Waals surface area contributed by atoms with Crippen molar-refractivity contribution >= 4 is 52.8 Å². The Balaban J connectivity index is 1.56. The van der Waals surface area contributed by atoms with Gasteiger partial charge in [-0.15, -0.1) is 0 Å². The number of ether oxygens (including phenoxy) is 2. The maximum absolute atomic E-state index is 12.9. The van der Waals surface area contributed by atoms with Gasteiger partial charge >= 0.3 is 6.03 Å². The van der Waals surface area contributed by atoms with Gasteiger partial charge in [0.25, 0.3) is 5.91 Å². The molecule has 9 heteroatoms. The van der Waals surface area contributed by atoms with Crippen LogP contribution in [0.25, 0.3) is 6.08 Å². The fourth-order valence-corrected chi connectivity index (χ4v) is 4.25. The maximum atomic E-state index is 12.9. The molecule has 0 spiro atoms. The van der Waals surface area contributed by atoms with Gasteiger partial charge in [0.1, 0.15) is 12.3 Å². The summed E-state index contributed by atoms with van der Waals surface area (Å²) in [7, 11) is 0. The van der Waals surface area contributed by atoms with Crippen molar-refractivity contribution in [2.45, 2.75) is 20.1 Å². The zero-order valence-electron chi connectivity index (χ0n) is 18.7. The molecule has 1 fully saturated rings. The van der Waals surface area contributed by atoms with E-state index >= 15 is 0 Å².